The number of benzene rings is 2. The number of fused-ring (bicyclic) bond motifs is 1. The van der Waals surface area contributed by atoms with Crippen molar-refractivity contribution in [2.24, 2.45) is 0 Å². The Bertz CT molecular complexity index is 944. The summed E-state index contributed by atoms with van der Waals surface area (Å²) in [6.07, 6.45) is -2.21. The normalized spacial score (nSPS) is 16.4. The van der Waals surface area contributed by atoms with Crippen LogP contribution in [0.2, 0.25) is 0 Å². The zero-order valence-corrected chi connectivity index (χ0v) is 15.7. The number of alkyl halides is 3. The predicted octanol–water partition coefficient (Wildman–Crippen LogP) is 7.06. The number of rotatable bonds is 4. The van der Waals surface area contributed by atoms with Crippen LogP contribution in [0.5, 0.6) is 5.75 Å². The highest BCUT2D eigenvalue weighted by Crippen LogP contribution is 2.43. The molecule has 5 heteroatoms. The molecule has 1 atom stereocenters. The SMILES string of the molecule is CC1CCc2cc(OCc3cc(-c4ccccc4)c(C(F)(F)F)s3)ccc21. The van der Waals surface area contributed by atoms with E-state index in [1.54, 1.807) is 36.4 Å². The van der Waals surface area contributed by atoms with Crippen molar-refractivity contribution < 1.29 is 17.9 Å². The molecule has 1 unspecified atom stereocenters. The summed E-state index contributed by atoms with van der Waals surface area (Å²) in [5.74, 6) is 1.28. The highest BCUT2D eigenvalue weighted by molar-refractivity contribution is 7.12. The second kappa shape index (κ2) is 7.04. The molecule has 0 aliphatic heterocycles. The Morgan fingerprint density at radius 3 is 2.59 bits per heavy atom. The highest BCUT2D eigenvalue weighted by Gasteiger charge is 2.36. The van der Waals surface area contributed by atoms with Gasteiger partial charge in [-0.1, -0.05) is 43.3 Å². The van der Waals surface area contributed by atoms with Crippen LogP contribution in [0.25, 0.3) is 11.1 Å². The van der Waals surface area contributed by atoms with Crippen molar-refractivity contribution in [3.05, 3.63) is 75.5 Å². The van der Waals surface area contributed by atoms with Crippen molar-refractivity contribution in [3.63, 3.8) is 0 Å². The summed E-state index contributed by atoms with van der Waals surface area (Å²) in [4.78, 5) is -0.00915. The van der Waals surface area contributed by atoms with Gasteiger partial charge in [0.15, 0.2) is 0 Å². The minimum Gasteiger partial charge on any atom is -0.488 e. The van der Waals surface area contributed by atoms with Crippen molar-refractivity contribution in [3.8, 4) is 16.9 Å². The van der Waals surface area contributed by atoms with Gasteiger partial charge in [-0.25, -0.2) is 0 Å². The summed E-state index contributed by atoms with van der Waals surface area (Å²) in [7, 11) is 0. The lowest BCUT2D eigenvalue weighted by molar-refractivity contribution is -0.133. The molecule has 1 aliphatic rings. The Morgan fingerprint density at radius 2 is 1.85 bits per heavy atom. The van der Waals surface area contributed by atoms with Crippen molar-refractivity contribution >= 4 is 11.3 Å². The number of aryl methyl sites for hydroxylation is 1. The Morgan fingerprint density at radius 1 is 1.07 bits per heavy atom. The average molecular weight is 388 g/mol. The van der Waals surface area contributed by atoms with E-state index in [0.29, 0.717) is 22.1 Å². The van der Waals surface area contributed by atoms with Crippen LogP contribution in [-0.2, 0) is 19.2 Å². The maximum absolute atomic E-state index is 13.5. The fourth-order valence-corrected chi connectivity index (χ4v) is 4.57. The zero-order valence-electron chi connectivity index (χ0n) is 14.8. The van der Waals surface area contributed by atoms with Gasteiger partial charge >= 0.3 is 6.18 Å². The van der Waals surface area contributed by atoms with E-state index in [0.717, 1.165) is 24.2 Å². The van der Waals surface area contributed by atoms with E-state index >= 15 is 0 Å². The van der Waals surface area contributed by atoms with Crippen LogP contribution >= 0.6 is 11.3 Å². The molecule has 1 aromatic heterocycles. The van der Waals surface area contributed by atoms with E-state index in [2.05, 4.69) is 13.0 Å². The quantitative estimate of drug-likeness (QED) is 0.465. The van der Waals surface area contributed by atoms with E-state index in [9.17, 15) is 13.2 Å². The van der Waals surface area contributed by atoms with E-state index in [-0.39, 0.29) is 12.2 Å². The second-order valence-corrected chi connectivity index (χ2v) is 8.05. The molecular formula is C22H19F3OS. The summed E-state index contributed by atoms with van der Waals surface area (Å²) in [5.41, 5.74) is 3.42. The van der Waals surface area contributed by atoms with Crippen molar-refractivity contribution in [2.45, 2.75) is 38.5 Å². The van der Waals surface area contributed by atoms with Crippen LogP contribution in [0.3, 0.4) is 0 Å². The van der Waals surface area contributed by atoms with Gasteiger partial charge in [-0.3, -0.25) is 0 Å². The lowest BCUT2D eigenvalue weighted by atomic mass is 10.0. The fraction of sp³-hybridized carbons (Fsp3) is 0.273. The molecule has 1 aliphatic carbocycles. The van der Waals surface area contributed by atoms with Gasteiger partial charge in [-0.15, -0.1) is 11.3 Å². The summed E-state index contributed by atoms with van der Waals surface area (Å²) in [6.45, 7) is 2.34. The standard InChI is InChI=1S/C22H19F3OS/c1-14-7-8-16-11-17(9-10-19(14)16)26-13-18-12-20(15-5-3-2-4-6-15)21(27-18)22(23,24)25/h2-6,9-12,14H,7-8,13H2,1H3. The molecule has 2 aromatic carbocycles. The monoisotopic (exact) mass is 388 g/mol. The molecule has 0 bridgehead atoms. The Kier molecular flexibility index (Phi) is 4.72. The van der Waals surface area contributed by atoms with E-state index in [1.807, 2.05) is 12.1 Å². The van der Waals surface area contributed by atoms with Gasteiger partial charge in [-0.05, 0) is 53.6 Å². The molecule has 0 saturated heterocycles. The molecule has 27 heavy (non-hydrogen) atoms. The van der Waals surface area contributed by atoms with Gasteiger partial charge in [0.05, 0.1) is 0 Å². The number of hydrogen-bond donors (Lipinski definition) is 0. The van der Waals surface area contributed by atoms with E-state index in [1.165, 1.54) is 11.1 Å². The molecule has 0 amide bonds. The molecule has 0 saturated carbocycles. The highest BCUT2D eigenvalue weighted by atomic mass is 32.1. The maximum atomic E-state index is 13.5. The topological polar surface area (TPSA) is 9.23 Å². The minimum absolute atomic E-state index is 0.134. The van der Waals surface area contributed by atoms with Gasteiger partial charge < -0.3 is 4.74 Å². The average Bonchev–Trinajstić information content (AvgIpc) is 3.25. The lowest BCUT2D eigenvalue weighted by Crippen LogP contribution is -2.03. The van der Waals surface area contributed by atoms with Gasteiger partial charge in [0, 0.05) is 10.4 Å². The summed E-state index contributed by atoms with van der Waals surface area (Å²) in [5, 5.41) is 0. The number of ether oxygens (including phenoxy) is 1. The van der Waals surface area contributed by atoms with Crippen LogP contribution < -0.4 is 4.74 Å². The van der Waals surface area contributed by atoms with Gasteiger partial charge in [-0.2, -0.15) is 13.2 Å². The molecule has 0 radical (unpaired) electrons. The lowest BCUT2D eigenvalue weighted by Gasteiger charge is -2.08. The second-order valence-electron chi connectivity index (χ2n) is 6.91. The smallest absolute Gasteiger partial charge is 0.426 e. The largest absolute Gasteiger partial charge is 0.488 e. The van der Waals surface area contributed by atoms with Gasteiger partial charge in [0.1, 0.15) is 17.2 Å². The Hall–Kier alpha value is -2.27. The molecule has 4 rings (SSSR count). The Labute approximate surface area is 160 Å². The van der Waals surface area contributed by atoms with Gasteiger partial charge in [0.2, 0.25) is 0 Å². The molecule has 3 aromatic rings. The minimum atomic E-state index is -4.38. The number of hydrogen-bond acceptors (Lipinski definition) is 2. The van der Waals surface area contributed by atoms with Crippen molar-refractivity contribution in [1.29, 1.82) is 0 Å². The van der Waals surface area contributed by atoms with E-state index in [4.69, 9.17) is 4.74 Å². The third kappa shape index (κ3) is 3.74. The van der Waals surface area contributed by atoms with Crippen molar-refractivity contribution in [1.82, 2.24) is 0 Å². The summed E-state index contributed by atoms with van der Waals surface area (Å²) >= 11 is 0.756. The molecule has 1 heterocycles. The number of thiophene rings is 1. The van der Waals surface area contributed by atoms with Crippen molar-refractivity contribution in [2.75, 3.05) is 0 Å². The zero-order chi connectivity index (χ0) is 19.0. The van der Waals surface area contributed by atoms with Crippen LogP contribution in [0.1, 0.15) is 40.1 Å². The van der Waals surface area contributed by atoms with Crippen LogP contribution in [0.15, 0.2) is 54.6 Å². The first kappa shape index (κ1) is 18.1. The van der Waals surface area contributed by atoms with Gasteiger partial charge in [0.25, 0.3) is 0 Å². The molecule has 0 spiro atoms. The summed E-state index contributed by atoms with van der Waals surface area (Å²) < 4.78 is 46.2. The first-order valence-electron chi connectivity index (χ1n) is 8.93. The first-order chi connectivity index (χ1) is 12.9. The molecule has 0 fully saturated rings. The van der Waals surface area contributed by atoms with Crippen LogP contribution in [0.4, 0.5) is 13.2 Å². The van der Waals surface area contributed by atoms with Crippen LogP contribution in [0, 0.1) is 0 Å². The van der Waals surface area contributed by atoms with E-state index < -0.39 is 11.1 Å². The third-order valence-electron chi connectivity index (χ3n) is 5.00. The molecule has 0 N–H and O–H groups in total. The third-order valence-corrected chi connectivity index (χ3v) is 6.15. The molecule has 140 valence electrons. The fourth-order valence-electron chi connectivity index (χ4n) is 3.61. The molecule has 1 nitrogen and oxygen atoms in total. The maximum Gasteiger partial charge on any atom is 0.426 e. The predicted molar refractivity (Wildman–Crippen MR) is 102 cm³/mol. The van der Waals surface area contributed by atoms with Crippen LogP contribution in [-0.4, -0.2) is 0 Å². The Balaban J connectivity index is 1.57. The number of halogens is 3. The summed E-state index contributed by atoms with van der Waals surface area (Å²) in [6, 6.07) is 16.3. The molecular weight excluding hydrogens is 369 g/mol. The first-order valence-corrected chi connectivity index (χ1v) is 9.74.